The van der Waals surface area contributed by atoms with E-state index in [9.17, 15) is 4.79 Å². The average Bonchev–Trinajstić information content (AvgIpc) is 3.47. The zero-order valence-corrected chi connectivity index (χ0v) is 20.1. The number of ether oxygens (including phenoxy) is 1. The van der Waals surface area contributed by atoms with Gasteiger partial charge in [0.2, 0.25) is 0 Å². The lowest BCUT2D eigenvalue weighted by Gasteiger charge is -2.26. The van der Waals surface area contributed by atoms with E-state index < -0.39 is 0 Å². The van der Waals surface area contributed by atoms with Crippen LogP contribution in [-0.4, -0.2) is 47.0 Å². The highest BCUT2D eigenvalue weighted by molar-refractivity contribution is 7.14. The van der Waals surface area contributed by atoms with Crippen molar-refractivity contribution < 1.29 is 9.53 Å². The molecule has 0 radical (unpaired) electrons. The summed E-state index contributed by atoms with van der Waals surface area (Å²) in [6, 6.07) is 17.5. The zero-order chi connectivity index (χ0) is 23.5. The summed E-state index contributed by atoms with van der Waals surface area (Å²) in [5.41, 5.74) is 6.58. The highest BCUT2D eigenvalue weighted by Crippen LogP contribution is 2.28. The highest BCUT2D eigenvalue weighted by atomic mass is 32.1. The first kappa shape index (κ1) is 22.3. The van der Waals surface area contributed by atoms with Crippen LogP contribution in [0.15, 0.2) is 60.0 Å². The molecule has 8 heteroatoms. The Balaban J connectivity index is 1.20. The topological polar surface area (TPSA) is 72.3 Å². The summed E-state index contributed by atoms with van der Waals surface area (Å²) in [7, 11) is 0. The van der Waals surface area contributed by atoms with E-state index >= 15 is 0 Å². The minimum Gasteiger partial charge on any atom is -0.378 e. The van der Waals surface area contributed by atoms with Crippen LogP contribution in [0.3, 0.4) is 0 Å². The number of hydrogen-bond acceptors (Lipinski definition) is 6. The van der Waals surface area contributed by atoms with Crippen molar-refractivity contribution in [3.8, 4) is 11.3 Å². The number of rotatable bonds is 6. The van der Waals surface area contributed by atoms with Crippen molar-refractivity contribution in [2.45, 2.75) is 20.4 Å². The fourth-order valence-corrected chi connectivity index (χ4v) is 4.88. The first-order valence-corrected chi connectivity index (χ1v) is 12.2. The highest BCUT2D eigenvalue weighted by Gasteiger charge is 2.15. The molecule has 7 nitrogen and oxygen atoms in total. The van der Waals surface area contributed by atoms with Crippen LogP contribution in [0.2, 0.25) is 0 Å². The lowest BCUT2D eigenvalue weighted by molar-refractivity contribution is 0.102. The molecule has 174 valence electrons. The van der Waals surface area contributed by atoms with Gasteiger partial charge in [0.25, 0.3) is 5.91 Å². The lowest BCUT2D eigenvalue weighted by atomic mass is 10.1. The number of morpholine rings is 1. The Bertz CT molecular complexity index is 1270. The smallest absolute Gasteiger partial charge is 0.255 e. The molecule has 5 rings (SSSR count). The summed E-state index contributed by atoms with van der Waals surface area (Å²) in [4.78, 5) is 19.8. The standard InChI is InChI=1S/C26H27N5O2S/c1-18-15-19(2)31(29-18)16-20-3-5-22(6-4-20)25(32)27-23-9-7-21(8-10-23)24-17-34-26(28-24)30-11-13-33-14-12-30/h3-10,15,17H,11-14,16H2,1-2H3,(H,27,32). The molecule has 0 unspecified atom stereocenters. The fraction of sp³-hybridized carbons (Fsp3) is 0.269. The third-order valence-electron chi connectivity index (χ3n) is 5.86. The van der Waals surface area contributed by atoms with Gasteiger partial charge >= 0.3 is 0 Å². The Kier molecular flexibility index (Phi) is 6.42. The molecule has 1 fully saturated rings. The largest absolute Gasteiger partial charge is 0.378 e. The Labute approximate surface area is 203 Å². The molecule has 1 saturated heterocycles. The van der Waals surface area contributed by atoms with Gasteiger partial charge in [-0.25, -0.2) is 4.98 Å². The van der Waals surface area contributed by atoms with Crippen molar-refractivity contribution in [1.29, 1.82) is 0 Å². The van der Waals surface area contributed by atoms with Crippen LogP contribution >= 0.6 is 11.3 Å². The number of benzene rings is 2. The van der Waals surface area contributed by atoms with Crippen LogP contribution in [0.25, 0.3) is 11.3 Å². The molecule has 0 atom stereocenters. The van der Waals surface area contributed by atoms with Gasteiger partial charge in [0.1, 0.15) is 0 Å². The molecule has 34 heavy (non-hydrogen) atoms. The van der Waals surface area contributed by atoms with E-state index in [1.807, 2.05) is 67.1 Å². The number of amides is 1. The molecule has 0 saturated carbocycles. The second kappa shape index (κ2) is 9.79. The minimum atomic E-state index is -0.131. The quantitative estimate of drug-likeness (QED) is 0.437. The second-order valence-electron chi connectivity index (χ2n) is 8.43. The van der Waals surface area contributed by atoms with E-state index in [0.29, 0.717) is 12.1 Å². The van der Waals surface area contributed by atoms with Crippen LogP contribution in [0.4, 0.5) is 10.8 Å². The summed E-state index contributed by atoms with van der Waals surface area (Å²) < 4.78 is 7.39. The van der Waals surface area contributed by atoms with E-state index in [1.54, 1.807) is 11.3 Å². The molecular formula is C26H27N5O2S. The van der Waals surface area contributed by atoms with E-state index in [0.717, 1.165) is 65.3 Å². The van der Waals surface area contributed by atoms with E-state index in [4.69, 9.17) is 9.72 Å². The van der Waals surface area contributed by atoms with E-state index in [-0.39, 0.29) is 5.91 Å². The molecule has 1 aliphatic heterocycles. The number of anilines is 2. The Morgan fingerprint density at radius 3 is 2.47 bits per heavy atom. The Morgan fingerprint density at radius 2 is 1.79 bits per heavy atom. The van der Waals surface area contributed by atoms with Crippen molar-refractivity contribution in [3.63, 3.8) is 0 Å². The number of carbonyl (C=O) groups excluding carboxylic acids is 1. The maximum Gasteiger partial charge on any atom is 0.255 e. The van der Waals surface area contributed by atoms with Gasteiger partial charge in [-0.1, -0.05) is 24.3 Å². The molecule has 1 N–H and O–H groups in total. The fourth-order valence-electron chi connectivity index (χ4n) is 3.99. The van der Waals surface area contributed by atoms with Crippen LogP contribution in [0.1, 0.15) is 27.3 Å². The first-order valence-electron chi connectivity index (χ1n) is 11.4. The molecule has 2 aromatic heterocycles. The maximum absolute atomic E-state index is 12.7. The molecule has 0 spiro atoms. The van der Waals surface area contributed by atoms with Crippen LogP contribution in [-0.2, 0) is 11.3 Å². The van der Waals surface area contributed by atoms with Gasteiger partial charge in [-0.2, -0.15) is 5.10 Å². The summed E-state index contributed by atoms with van der Waals surface area (Å²) in [6.07, 6.45) is 0. The molecule has 0 aliphatic carbocycles. The third kappa shape index (κ3) is 5.03. The van der Waals surface area contributed by atoms with Gasteiger partial charge in [-0.3, -0.25) is 9.48 Å². The SMILES string of the molecule is Cc1cc(C)n(Cc2ccc(C(=O)Nc3ccc(-c4csc(N5CCOCC5)n4)cc3)cc2)n1. The average molecular weight is 474 g/mol. The van der Waals surface area contributed by atoms with Crippen molar-refractivity contribution in [1.82, 2.24) is 14.8 Å². The molecular weight excluding hydrogens is 446 g/mol. The molecule has 2 aromatic carbocycles. The predicted molar refractivity (Wildman–Crippen MR) is 136 cm³/mol. The monoisotopic (exact) mass is 473 g/mol. The first-order chi connectivity index (χ1) is 16.5. The number of nitrogens with one attached hydrogen (secondary N) is 1. The minimum absolute atomic E-state index is 0.131. The van der Waals surface area contributed by atoms with E-state index in [1.165, 1.54) is 0 Å². The van der Waals surface area contributed by atoms with Gasteiger partial charge in [0.15, 0.2) is 5.13 Å². The van der Waals surface area contributed by atoms with Gasteiger partial charge in [-0.15, -0.1) is 11.3 Å². The van der Waals surface area contributed by atoms with Crippen molar-refractivity contribution in [2.75, 3.05) is 36.5 Å². The zero-order valence-electron chi connectivity index (χ0n) is 19.3. The number of thiazole rings is 1. The van der Waals surface area contributed by atoms with Crippen LogP contribution in [0.5, 0.6) is 0 Å². The summed E-state index contributed by atoms with van der Waals surface area (Å²) in [6.45, 7) is 7.97. The van der Waals surface area contributed by atoms with Crippen molar-refractivity contribution >= 4 is 28.1 Å². The molecule has 4 aromatic rings. The summed E-state index contributed by atoms with van der Waals surface area (Å²) >= 11 is 1.65. The van der Waals surface area contributed by atoms with E-state index in [2.05, 4.69) is 26.8 Å². The number of aryl methyl sites for hydroxylation is 2. The van der Waals surface area contributed by atoms with Gasteiger partial charge in [0, 0.05) is 41.0 Å². The van der Waals surface area contributed by atoms with Crippen LogP contribution in [0, 0.1) is 13.8 Å². The predicted octanol–water partition coefficient (Wildman–Crippen LogP) is 4.76. The van der Waals surface area contributed by atoms with Gasteiger partial charge < -0.3 is 15.0 Å². The number of aromatic nitrogens is 3. The normalized spacial score (nSPS) is 13.8. The second-order valence-corrected chi connectivity index (χ2v) is 9.26. The third-order valence-corrected chi connectivity index (χ3v) is 6.77. The lowest BCUT2D eigenvalue weighted by Crippen LogP contribution is -2.36. The van der Waals surface area contributed by atoms with Gasteiger partial charge in [-0.05, 0) is 49.7 Å². The van der Waals surface area contributed by atoms with Gasteiger partial charge in [0.05, 0.1) is 31.1 Å². The summed E-state index contributed by atoms with van der Waals surface area (Å²) in [5.74, 6) is -0.131. The van der Waals surface area contributed by atoms with Crippen LogP contribution < -0.4 is 10.2 Å². The number of hydrogen-bond donors (Lipinski definition) is 1. The molecule has 1 amide bonds. The Morgan fingerprint density at radius 1 is 1.06 bits per heavy atom. The summed E-state index contributed by atoms with van der Waals surface area (Å²) in [5, 5.41) is 10.6. The Hall–Kier alpha value is -3.49. The molecule has 1 aliphatic rings. The van der Waals surface area contributed by atoms with Crippen molar-refractivity contribution in [2.24, 2.45) is 0 Å². The maximum atomic E-state index is 12.7. The number of carbonyl (C=O) groups is 1. The molecule has 3 heterocycles. The molecule has 0 bridgehead atoms. The number of nitrogens with zero attached hydrogens (tertiary/aromatic N) is 4. The van der Waals surface area contributed by atoms with Crippen molar-refractivity contribution in [3.05, 3.63) is 82.5 Å².